The number of ether oxygens (including phenoxy) is 1. The van der Waals surface area contributed by atoms with E-state index < -0.39 is 23.7 Å². The monoisotopic (exact) mass is 307 g/mol. The maximum absolute atomic E-state index is 13.2. The first-order valence-electron chi connectivity index (χ1n) is 6.27. The minimum atomic E-state index is -0.492. The lowest BCUT2D eigenvalue weighted by atomic mass is 10.1. The molecule has 4 nitrogen and oxygen atoms in total. The lowest BCUT2D eigenvalue weighted by Gasteiger charge is -2.16. The van der Waals surface area contributed by atoms with Crippen LogP contribution in [0.4, 0.5) is 4.39 Å². The predicted molar refractivity (Wildman–Crippen MR) is 77.6 cm³/mol. The summed E-state index contributed by atoms with van der Waals surface area (Å²) in [5, 5.41) is 4.59. The Hall–Kier alpha value is -2.21. The number of benzene rings is 1. The van der Waals surface area contributed by atoms with E-state index in [0.29, 0.717) is 0 Å². The Morgan fingerprint density at radius 1 is 1.33 bits per heavy atom. The Balaban J connectivity index is 2.15. The molecule has 0 aliphatic carbocycles. The fraction of sp³-hybridized carbons (Fsp3) is 0.200. The van der Waals surface area contributed by atoms with Crippen molar-refractivity contribution in [2.24, 2.45) is 0 Å². The maximum Gasteiger partial charge on any atom is 0.307 e. The molecule has 2 rings (SSSR count). The van der Waals surface area contributed by atoms with Crippen molar-refractivity contribution in [3.8, 4) is 0 Å². The van der Waals surface area contributed by atoms with Gasteiger partial charge in [0.15, 0.2) is 0 Å². The predicted octanol–water partition coefficient (Wildman–Crippen LogP) is 2.92. The van der Waals surface area contributed by atoms with Gasteiger partial charge in [-0.15, -0.1) is 11.3 Å². The van der Waals surface area contributed by atoms with E-state index in [0.717, 1.165) is 10.9 Å². The highest BCUT2D eigenvalue weighted by Gasteiger charge is 2.20. The van der Waals surface area contributed by atoms with Crippen LogP contribution in [0.5, 0.6) is 0 Å². The van der Waals surface area contributed by atoms with Gasteiger partial charge in [0.25, 0.3) is 5.91 Å². The lowest BCUT2D eigenvalue weighted by molar-refractivity contribution is -0.141. The Morgan fingerprint density at radius 2 is 2.14 bits per heavy atom. The number of amides is 1. The SMILES string of the molecule is COC(=O)CC(NC(=O)c1cccc(F)c1)c1cccs1. The van der Waals surface area contributed by atoms with Gasteiger partial charge < -0.3 is 10.1 Å². The first-order chi connectivity index (χ1) is 10.1. The van der Waals surface area contributed by atoms with E-state index in [9.17, 15) is 14.0 Å². The zero-order chi connectivity index (χ0) is 15.2. The quantitative estimate of drug-likeness (QED) is 0.864. The topological polar surface area (TPSA) is 55.4 Å². The first-order valence-corrected chi connectivity index (χ1v) is 7.14. The summed E-state index contributed by atoms with van der Waals surface area (Å²) in [7, 11) is 1.29. The minimum absolute atomic E-state index is 0.0259. The summed E-state index contributed by atoms with van der Waals surface area (Å²) in [4.78, 5) is 24.4. The third-order valence-electron chi connectivity index (χ3n) is 2.88. The van der Waals surface area contributed by atoms with E-state index in [4.69, 9.17) is 0 Å². The zero-order valence-electron chi connectivity index (χ0n) is 11.3. The van der Waals surface area contributed by atoms with Crippen LogP contribution in [-0.2, 0) is 9.53 Å². The molecule has 110 valence electrons. The van der Waals surface area contributed by atoms with Crippen molar-refractivity contribution in [2.75, 3.05) is 7.11 Å². The van der Waals surface area contributed by atoms with Crippen LogP contribution in [0.15, 0.2) is 41.8 Å². The van der Waals surface area contributed by atoms with Gasteiger partial charge in [0.05, 0.1) is 19.6 Å². The molecule has 1 aromatic heterocycles. The molecule has 1 N–H and O–H groups in total. The third kappa shape index (κ3) is 4.13. The molecule has 1 atom stereocenters. The second-order valence-electron chi connectivity index (χ2n) is 4.33. The van der Waals surface area contributed by atoms with E-state index in [1.165, 1.54) is 36.6 Å². The van der Waals surface area contributed by atoms with E-state index in [-0.39, 0.29) is 12.0 Å². The van der Waals surface area contributed by atoms with Crippen molar-refractivity contribution in [3.63, 3.8) is 0 Å². The number of rotatable bonds is 5. The van der Waals surface area contributed by atoms with Gasteiger partial charge >= 0.3 is 5.97 Å². The molecule has 0 aliphatic heterocycles. The van der Waals surface area contributed by atoms with Crippen molar-refractivity contribution in [2.45, 2.75) is 12.5 Å². The molecule has 6 heteroatoms. The standard InChI is InChI=1S/C15H14FNO3S/c1-20-14(18)9-12(13-6-3-7-21-13)17-15(19)10-4-2-5-11(16)8-10/h2-8,12H,9H2,1H3,(H,17,19). The number of methoxy groups -OCH3 is 1. The maximum atomic E-state index is 13.2. The second kappa shape index (κ2) is 6.99. The number of carbonyl (C=O) groups is 2. The molecule has 21 heavy (non-hydrogen) atoms. The number of hydrogen-bond donors (Lipinski definition) is 1. The van der Waals surface area contributed by atoms with Crippen LogP contribution in [0, 0.1) is 5.82 Å². The zero-order valence-corrected chi connectivity index (χ0v) is 12.2. The Morgan fingerprint density at radius 3 is 2.76 bits per heavy atom. The van der Waals surface area contributed by atoms with Gasteiger partial charge in [0, 0.05) is 10.4 Å². The first kappa shape index (κ1) is 15.2. The van der Waals surface area contributed by atoms with Crippen LogP contribution < -0.4 is 5.32 Å². The number of carbonyl (C=O) groups excluding carboxylic acids is 2. The van der Waals surface area contributed by atoms with Gasteiger partial charge in [-0.2, -0.15) is 0 Å². The average Bonchev–Trinajstić information content (AvgIpc) is 3.00. The average molecular weight is 307 g/mol. The Bertz CT molecular complexity index is 628. The summed E-state index contributed by atoms with van der Waals surface area (Å²) in [5.41, 5.74) is 0.210. The smallest absolute Gasteiger partial charge is 0.307 e. The molecule has 2 aromatic rings. The van der Waals surface area contributed by atoms with E-state index in [1.54, 1.807) is 0 Å². The number of hydrogen-bond acceptors (Lipinski definition) is 4. The van der Waals surface area contributed by atoms with Crippen LogP contribution in [-0.4, -0.2) is 19.0 Å². The molecule has 0 fully saturated rings. The fourth-order valence-electron chi connectivity index (χ4n) is 1.83. The second-order valence-corrected chi connectivity index (χ2v) is 5.31. The van der Waals surface area contributed by atoms with Crippen LogP contribution in [0.25, 0.3) is 0 Å². The summed E-state index contributed by atoms with van der Waals surface area (Å²) >= 11 is 1.43. The van der Waals surface area contributed by atoms with Gasteiger partial charge in [-0.3, -0.25) is 9.59 Å². The highest BCUT2D eigenvalue weighted by molar-refractivity contribution is 7.10. The van der Waals surface area contributed by atoms with Crippen molar-refractivity contribution >= 4 is 23.2 Å². The van der Waals surface area contributed by atoms with Gasteiger partial charge in [0.2, 0.25) is 0 Å². The van der Waals surface area contributed by atoms with Crippen LogP contribution in [0.2, 0.25) is 0 Å². The highest BCUT2D eigenvalue weighted by atomic mass is 32.1. The minimum Gasteiger partial charge on any atom is -0.469 e. The van der Waals surface area contributed by atoms with Gasteiger partial charge in [-0.25, -0.2) is 4.39 Å². The lowest BCUT2D eigenvalue weighted by Crippen LogP contribution is -2.30. The van der Waals surface area contributed by atoms with Crippen molar-refractivity contribution in [1.82, 2.24) is 5.32 Å². The Kier molecular flexibility index (Phi) is 5.05. The van der Waals surface area contributed by atoms with Crippen molar-refractivity contribution in [3.05, 3.63) is 58.0 Å². The molecule has 0 aliphatic rings. The summed E-state index contributed by atoms with van der Waals surface area (Å²) < 4.78 is 17.8. The molecular formula is C15H14FNO3S. The fourth-order valence-corrected chi connectivity index (χ4v) is 2.61. The molecule has 0 spiro atoms. The number of esters is 1. The molecular weight excluding hydrogens is 293 g/mol. The summed E-state index contributed by atoms with van der Waals surface area (Å²) in [6, 6.07) is 8.56. The molecule has 1 amide bonds. The molecule has 1 aromatic carbocycles. The van der Waals surface area contributed by atoms with Crippen LogP contribution in [0.1, 0.15) is 27.7 Å². The summed E-state index contributed by atoms with van der Waals surface area (Å²) in [6.07, 6.45) is 0.0259. The van der Waals surface area contributed by atoms with Crippen LogP contribution >= 0.6 is 11.3 Å². The number of halogens is 1. The Labute approximate surface area is 125 Å². The third-order valence-corrected chi connectivity index (χ3v) is 3.86. The van der Waals surface area contributed by atoms with E-state index in [1.807, 2.05) is 17.5 Å². The molecule has 1 heterocycles. The number of thiophene rings is 1. The molecule has 0 bridgehead atoms. The van der Waals surface area contributed by atoms with Gasteiger partial charge in [0.1, 0.15) is 5.82 Å². The molecule has 0 saturated carbocycles. The van der Waals surface area contributed by atoms with Crippen LogP contribution in [0.3, 0.4) is 0 Å². The van der Waals surface area contributed by atoms with Crippen molar-refractivity contribution < 1.29 is 18.7 Å². The summed E-state index contributed by atoms with van der Waals surface area (Å²) in [6.45, 7) is 0. The largest absolute Gasteiger partial charge is 0.469 e. The molecule has 0 radical (unpaired) electrons. The van der Waals surface area contributed by atoms with E-state index in [2.05, 4.69) is 10.1 Å². The number of nitrogens with one attached hydrogen (secondary N) is 1. The normalized spacial score (nSPS) is 11.7. The van der Waals surface area contributed by atoms with Crippen molar-refractivity contribution in [1.29, 1.82) is 0 Å². The van der Waals surface area contributed by atoms with Gasteiger partial charge in [-0.1, -0.05) is 12.1 Å². The highest BCUT2D eigenvalue weighted by Crippen LogP contribution is 2.23. The molecule has 0 saturated heterocycles. The van der Waals surface area contributed by atoms with Gasteiger partial charge in [-0.05, 0) is 29.6 Å². The molecule has 1 unspecified atom stereocenters. The summed E-state index contributed by atoms with van der Waals surface area (Å²) in [5.74, 6) is -1.34. The van der Waals surface area contributed by atoms with E-state index >= 15 is 0 Å².